The van der Waals surface area contributed by atoms with E-state index in [2.05, 4.69) is 10.3 Å². The van der Waals surface area contributed by atoms with E-state index in [1.807, 2.05) is 0 Å². The van der Waals surface area contributed by atoms with Crippen LogP contribution in [0.5, 0.6) is 0 Å². The predicted molar refractivity (Wildman–Crippen MR) is 82.7 cm³/mol. The van der Waals surface area contributed by atoms with Gasteiger partial charge in [-0.25, -0.2) is 5.48 Å². The van der Waals surface area contributed by atoms with Crippen molar-refractivity contribution in [1.82, 2.24) is 10.5 Å². The van der Waals surface area contributed by atoms with Crippen molar-refractivity contribution in [3.05, 3.63) is 53.1 Å². The Hall–Kier alpha value is -3.58. The van der Waals surface area contributed by atoms with Crippen molar-refractivity contribution in [2.24, 2.45) is 0 Å². The Balaban J connectivity index is 1.98. The Morgan fingerprint density at radius 2 is 2.04 bits per heavy atom. The fourth-order valence-corrected chi connectivity index (χ4v) is 2.28. The Kier molecular flexibility index (Phi) is 4.23. The summed E-state index contributed by atoms with van der Waals surface area (Å²) in [4.78, 5) is 15.3. The van der Waals surface area contributed by atoms with Gasteiger partial charge in [0.25, 0.3) is 11.9 Å². The van der Waals surface area contributed by atoms with E-state index in [4.69, 9.17) is 14.9 Å². The number of alkyl halides is 3. The number of hydrogen-bond donors (Lipinski definition) is 3. The largest absolute Gasteiger partial charge is 0.423 e. The number of nitrogens with one attached hydrogen (secondary N) is 2. The van der Waals surface area contributed by atoms with Crippen LogP contribution in [0.4, 0.5) is 24.9 Å². The van der Waals surface area contributed by atoms with E-state index < -0.39 is 23.2 Å². The van der Waals surface area contributed by atoms with Gasteiger partial charge in [-0.2, -0.15) is 23.4 Å². The fraction of sp³-hybridized carbons (Fsp3) is 0.0625. The van der Waals surface area contributed by atoms with Crippen molar-refractivity contribution in [3.8, 4) is 6.07 Å². The number of nitrogens with zero attached hydrogens (tertiary/aromatic N) is 2. The number of carbonyl (C=O) groups excluding carboxylic acids is 1. The maximum Gasteiger partial charge on any atom is 0.417 e. The summed E-state index contributed by atoms with van der Waals surface area (Å²) in [5.41, 5.74) is 0.222. The van der Waals surface area contributed by atoms with E-state index >= 15 is 0 Å². The average molecular weight is 362 g/mol. The van der Waals surface area contributed by atoms with Crippen LogP contribution >= 0.6 is 0 Å². The molecule has 0 aliphatic carbocycles. The smallest absolute Gasteiger partial charge is 0.417 e. The number of anilines is 2. The maximum absolute atomic E-state index is 13.0. The van der Waals surface area contributed by atoms with Crippen LogP contribution in [0.25, 0.3) is 11.1 Å². The molecule has 1 heterocycles. The first kappa shape index (κ1) is 17.2. The van der Waals surface area contributed by atoms with Crippen molar-refractivity contribution in [2.45, 2.75) is 6.18 Å². The highest BCUT2D eigenvalue weighted by atomic mass is 19.4. The quantitative estimate of drug-likeness (QED) is 0.485. The summed E-state index contributed by atoms with van der Waals surface area (Å²) in [6.45, 7) is 0. The monoisotopic (exact) mass is 362 g/mol. The molecule has 0 bridgehead atoms. The number of halogens is 3. The van der Waals surface area contributed by atoms with Gasteiger partial charge in [0.2, 0.25) is 0 Å². The number of amides is 1. The highest BCUT2D eigenvalue weighted by Gasteiger charge is 2.34. The van der Waals surface area contributed by atoms with E-state index in [-0.39, 0.29) is 22.7 Å². The van der Waals surface area contributed by atoms with Crippen LogP contribution in [-0.2, 0) is 6.18 Å². The number of benzene rings is 2. The van der Waals surface area contributed by atoms with E-state index in [9.17, 15) is 18.0 Å². The minimum Gasteiger partial charge on any atom is -0.423 e. The topological polar surface area (TPSA) is 111 Å². The van der Waals surface area contributed by atoms with Gasteiger partial charge < -0.3 is 9.73 Å². The molecule has 0 saturated heterocycles. The van der Waals surface area contributed by atoms with Gasteiger partial charge in [-0.1, -0.05) is 6.07 Å². The summed E-state index contributed by atoms with van der Waals surface area (Å²) in [6.07, 6.45) is -4.70. The van der Waals surface area contributed by atoms with Crippen molar-refractivity contribution in [3.63, 3.8) is 0 Å². The molecule has 0 spiro atoms. The number of hydrogen-bond acceptors (Lipinski definition) is 6. The normalized spacial score (nSPS) is 11.2. The third-order valence-electron chi connectivity index (χ3n) is 3.43. The van der Waals surface area contributed by atoms with Crippen LogP contribution in [0.3, 0.4) is 0 Å². The van der Waals surface area contributed by atoms with Crippen LogP contribution in [0, 0.1) is 11.3 Å². The molecule has 10 heteroatoms. The zero-order chi connectivity index (χ0) is 18.9. The zero-order valence-electron chi connectivity index (χ0n) is 12.8. The molecule has 2 aromatic carbocycles. The van der Waals surface area contributed by atoms with Crippen LogP contribution in [0.2, 0.25) is 0 Å². The number of oxazole rings is 1. The second kappa shape index (κ2) is 6.38. The average Bonchev–Trinajstić information content (AvgIpc) is 3.00. The third kappa shape index (κ3) is 3.28. The van der Waals surface area contributed by atoms with Gasteiger partial charge in [-0.15, -0.1) is 0 Å². The summed E-state index contributed by atoms with van der Waals surface area (Å²) in [6, 6.07) is 8.96. The van der Waals surface area contributed by atoms with E-state index in [1.54, 1.807) is 6.07 Å². The lowest BCUT2D eigenvalue weighted by atomic mass is 10.1. The minimum atomic E-state index is -4.70. The fourth-order valence-electron chi connectivity index (χ4n) is 2.28. The number of fused-ring (bicyclic) bond motifs is 1. The molecule has 0 saturated carbocycles. The van der Waals surface area contributed by atoms with E-state index in [0.29, 0.717) is 5.69 Å². The first-order valence-corrected chi connectivity index (χ1v) is 7.05. The molecule has 0 fully saturated rings. The lowest BCUT2D eigenvalue weighted by Crippen LogP contribution is -2.18. The molecule has 0 unspecified atom stereocenters. The zero-order valence-corrected chi connectivity index (χ0v) is 12.8. The molecule has 3 rings (SSSR count). The number of hydroxylamine groups is 1. The Bertz CT molecular complexity index is 1040. The lowest BCUT2D eigenvalue weighted by molar-refractivity contribution is -0.137. The van der Waals surface area contributed by atoms with Crippen LogP contribution < -0.4 is 10.8 Å². The van der Waals surface area contributed by atoms with Crippen molar-refractivity contribution in [1.29, 1.82) is 5.26 Å². The third-order valence-corrected chi connectivity index (χ3v) is 3.43. The van der Waals surface area contributed by atoms with Crippen molar-refractivity contribution < 1.29 is 27.6 Å². The summed E-state index contributed by atoms with van der Waals surface area (Å²) in [5, 5.41) is 20.2. The van der Waals surface area contributed by atoms with Crippen LogP contribution in [0.15, 0.2) is 40.8 Å². The van der Waals surface area contributed by atoms with E-state index in [1.165, 1.54) is 29.7 Å². The summed E-state index contributed by atoms with van der Waals surface area (Å²) in [7, 11) is 0. The van der Waals surface area contributed by atoms with Gasteiger partial charge in [0.05, 0.1) is 17.2 Å². The highest BCUT2D eigenvalue weighted by Crippen LogP contribution is 2.35. The first-order valence-electron chi connectivity index (χ1n) is 7.05. The molecular formula is C16H9F3N4O3. The molecule has 0 aliphatic heterocycles. The van der Waals surface area contributed by atoms with Gasteiger partial charge in [0, 0.05) is 17.3 Å². The van der Waals surface area contributed by atoms with Crippen molar-refractivity contribution >= 4 is 28.7 Å². The van der Waals surface area contributed by atoms with E-state index in [0.717, 1.165) is 12.1 Å². The SMILES string of the molecule is N#Cc1cc2oc(Nc3cccc(C(=O)NO)c3)nc2cc1C(F)(F)F. The van der Waals surface area contributed by atoms with Gasteiger partial charge in [-0.3, -0.25) is 10.0 Å². The maximum atomic E-state index is 13.0. The first-order chi connectivity index (χ1) is 12.3. The summed E-state index contributed by atoms with van der Waals surface area (Å²) in [5.74, 6) is -0.736. The molecule has 26 heavy (non-hydrogen) atoms. The highest BCUT2D eigenvalue weighted by molar-refractivity contribution is 5.94. The molecule has 1 aromatic heterocycles. The van der Waals surface area contributed by atoms with Gasteiger partial charge in [0.1, 0.15) is 5.52 Å². The number of rotatable bonds is 3. The number of nitriles is 1. The molecule has 1 amide bonds. The Morgan fingerprint density at radius 1 is 1.27 bits per heavy atom. The molecule has 3 aromatic rings. The standard InChI is InChI=1S/C16H9F3N4O3/c17-16(18,19)11-6-12-13(5-9(11)7-20)26-15(22-12)21-10-3-1-2-8(4-10)14(24)23-25/h1-6,25H,(H,21,22)(H,23,24). The second-order valence-electron chi connectivity index (χ2n) is 5.14. The summed E-state index contributed by atoms with van der Waals surface area (Å²) < 4.78 is 44.3. The van der Waals surface area contributed by atoms with Gasteiger partial charge in [0.15, 0.2) is 5.58 Å². The molecular weight excluding hydrogens is 353 g/mol. The van der Waals surface area contributed by atoms with Gasteiger partial charge in [-0.05, 0) is 24.3 Å². The predicted octanol–water partition coefficient (Wildman–Crippen LogP) is 3.58. The van der Waals surface area contributed by atoms with Gasteiger partial charge >= 0.3 is 6.18 Å². The Labute approximate surface area is 143 Å². The molecule has 0 radical (unpaired) electrons. The lowest BCUT2D eigenvalue weighted by Gasteiger charge is -2.07. The minimum absolute atomic E-state index is 0.00121. The molecule has 132 valence electrons. The molecule has 3 N–H and O–H groups in total. The van der Waals surface area contributed by atoms with Crippen LogP contribution in [0.1, 0.15) is 21.5 Å². The van der Waals surface area contributed by atoms with Crippen molar-refractivity contribution in [2.75, 3.05) is 5.32 Å². The van der Waals surface area contributed by atoms with Crippen LogP contribution in [-0.4, -0.2) is 16.1 Å². The Morgan fingerprint density at radius 3 is 2.69 bits per heavy atom. The number of carbonyl (C=O) groups is 1. The second-order valence-corrected chi connectivity index (χ2v) is 5.14. The summed E-state index contributed by atoms with van der Waals surface area (Å²) >= 11 is 0. The molecule has 7 nitrogen and oxygen atoms in total. The number of aromatic nitrogens is 1. The molecule has 0 aliphatic rings. The molecule has 0 atom stereocenters.